The molecule has 2 amide bonds. The molecule has 0 saturated carbocycles. The highest BCUT2D eigenvalue weighted by atomic mass is 16.2. The van der Waals surface area contributed by atoms with Crippen molar-refractivity contribution >= 4 is 11.8 Å². The molecular weight excluding hydrogens is 252 g/mol. The highest BCUT2D eigenvalue weighted by Gasteiger charge is 2.26. The Kier molecular flexibility index (Phi) is 4.77. The fraction of sp³-hybridized carbons (Fsp3) is 0.500. The van der Waals surface area contributed by atoms with Crippen LogP contribution in [0.15, 0.2) is 24.3 Å². The molecule has 1 fully saturated rings. The Morgan fingerprint density at radius 2 is 2.00 bits per heavy atom. The van der Waals surface area contributed by atoms with Crippen molar-refractivity contribution in [3.63, 3.8) is 0 Å². The normalized spacial score (nSPS) is 18.7. The van der Waals surface area contributed by atoms with Crippen LogP contribution in [-0.4, -0.2) is 29.8 Å². The molecule has 0 aromatic heterocycles. The second-order valence-electron chi connectivity index (χ2n) is 5.51. The van der Waals surface area contributed by atoms with Gasteiger partial charge in [-0.3, -0.25) is 9.59 Å². The monoisotopic (exact) mass is 274 g/mol. The lowest BCUT2D eigenvalue weighted by atomic mass is 9.97. The Hall–Kier alpha value is -1.84. The summed E-state index contributed by atoms with van der Waals surface area (Å²) in [6.45, 7) is 5.48. The Bertz CT molecular complexity index is 482. The summed E-state index contributed by atoms with van der Waals surface area (Å²) in [4.78, 5) is 25.3. The molecule has 0 aliphatic carbocycles. The molecule has 1 aliphatic rings. The minimum Gasteiger partial charge on any atom is -0.352 e. The molecule has 4 nitrogen and oxygen atoms in total. The van der Waals surface area contributed by atoms with Gasteiger partial charge >= 0.3 is 0 Å². The quantitative estimate of drug-likeness (QED) is 0.914. The predicted molar refractivity (Wildman–Crippen MR) is 78.0 cm³/mol. The van der Waals surface area contributed by atoms with Gasteiger partial charge in [-0.1, -0.05) is 29.8 Å². The van der Waals surface area contributed by atoms with E-state index in [0.717, 1.165) is 24.9 Å². The van der Waals surface area contributed by atoms with Crippen molar-refractivity contribution in [2.24, 2.45) is 5.92 Å². The van der Waals surface area contributed by atoms with Crippen molar-refractivity contribution in [3.8, 4) is 0 Å². The summed E-state index contributed by atoms with van der Waals surface area (Å²) in [6.07, 6.45) is 1.77. The van der Waals surface area contributed by atoms with Gasteiger partial charge in [-0.25, -0.2) is 0 Å². The van der Waals surface area contributed by atoms with E-state index in [1.54, 1.807) is 11.8 Å². The molecule has 1 aliphatic heterocycles. The van der Waals surface area contributed by atoms with E-state index in [9.17, 15) is 9.59 Å². The summed E-state index contributed by atoms with van der Waals surface area (Å²) < 4.78 is 0. The topological polar surface area (TPSA) is 49.4 Å². The Balaban J connectivity index is 1.85. The largest absolute Gasteiger partial charge is 0.352 e. The summed E-state index contributed by atoms with van der Waals surface area (Å²) in [5, 5.41) is 2.97. The lowest BCUT2D eigenvalue weighted by molar-refractivity contribution is -0.134. The van der Waals surface area contributed by atoms with Crippen LogP contribution in [0.1, 0.15) is 30.9 Å². The molecule has 1 heterocycles. The Morgan fingerprint density at radius 3 is 2.65 bits per heavy atom. The highest BCUT2D eigenvalue weighted by Crippen LogP contribution is 2.16. The minimum absolute atomic E-state index is 0.0523. The third kappa shape index (κ3) is 3.83. The number of benzene rings is 1. The minimum atomic E-state index is -0.0712. The number of carbonyl (C=O) groups is 2. The van der Waals surface area contributed by atoms with Crippen LogP contribution >= 0.6 is 0 Å². The van der Waals surface area contributed by atoms with Gasteiger partial charge in [-0.05, 0) is 25.3 Å². The van der Waals surface area contributed by atoms with E-state index < -0.39 is 0 Å². The van der Waals surface area contributed by atoms with Crippen LogP contribution in [0.2, 0.25) is 0 Å². The average Bonchev–Trinajstić information content (AvgIpc) is 2.46. The third-order valence-corrected chi connectivity index (χ3v) is 3.82. The van der Waals surface area contributed by atoms with Crippen molar-refractivity contribution in [1.82, 2.24) is 10.2 Å². The summed E-state index contributed by atoms with van der Waals surface area (Å²) >= 11 is 0. The molecule has 4 heteroatoms. The zero-order valence-electron chi connectivity index (χ0n) is 12.2. The first-order valence-corrected chi connectivity index (χ1v) is 7.15. The van der Waals surface area contributed by atoms with Crippen molar-refractivity contribution in [3.05, 3.63) is 35.4 Å². The van der Waals surface area contributed by atoms with Gasteiger partial charge in [-0.15, -0.1) is 0 Å². The molecule has 0 radical (unpaired) electrons. The average molecular weight is 274 g/mol. The first-order valence-electron chi connectivity index (χ1n) is 7.15. The number of carbonyl (C=O) groups excluding carboxylic acids is 2. The molecule has 1 aromatic rings. The van der Waals surface area contributed by atoms with Gasteiger partial charge in [0.1, 0.15) is 0 Å². The number of aryl methyl sites for hydroxylation is 1. The van der Waals surface area contributed by atoms with Crippen LogP contribution in [-0.2, 0) is 16.1 Å². The number of nitrogens with one attached hydrogen (secondary N) is 1. The van der Waals surface area contributed by atoms with E-state index in [4.69, 9.17) is 0 Å². The van der Waals surface area contributed by atoms with Crippen LogP contribution in [0, 0.1) is 12.8 Å². The second-order valence-corrected chi connectivity index (χ2v) is 5.51. The van der Waals surface area contributed by atoms with Crippen LogP contribution in [0.25, 0.3) is 0 Å². The molecule has 20 heavy (non-hydrogen) atoms. The fourth-order valence-electron chi connectivity index (χ4n) is 2.52. The van der Waals surface area contributed by atoms with Crippen molar-refractivity contribution in [1.29, 1.82) is 0 Å². The van der Waals surface area contributed by atoms with Crippen molar-refractivity contribution in [2.45, 2.75) is 33.2 Å². The Labute approximate surface area is 120 Å². The Morgan fingerprint density at radius 1 is 1.30 bits per heavy atom. The maximum absolute atomic E-state index is 12.2. The van der Waals surface area contributed by atoms with Crippen LogP contribution in [0.5, 0.6) is 0 Å². The number of hydrogen-bond acceptors (Lipinski definition) is 2. The summed E-state index contributed by atoms with van der Waals surface area (Å²) in [6, 6.07) is 8.13. The van der Waals surface area contributed by atoms with Crippen LogP contribution in [0.3, 0.4) is 0 Å². The van der Waals surface area contributed by atoms with E-state index >= 15 is 0 Å². The zero-order valence-corrected chi connectivity index (χ0v) is 12.2. The predicted octanol–water partition coefficient (Wildman–Crippen LogP) is 1.87. The van der Waals surface area contributed by atoms with Crippen molar-refractivity contribution in [2.75, 3.05) is 13.1 Å². The van der Waals surface area contributed by atoms with Gasteiger partial charge in [0.25, 0.3) is 0 Å². The fourth-order valence-corrected chi connectivity index (χ4v) is 2.52. The lowest BCUT2D eigenvalue weighted by Gasteiger charge is -2.31. The molecule has 1 N–H and O–H groups in total. The lowest BCUT2D eigenvalue weighted by Crippen LogP contribution is -2.44. The second kappa shape index (κ2) is 6.55. The molecule has 0 spiro atoms. The molecular formula is C16H22N2O2. The molecule has 1 atom stereocenters. The maximum atomic E-state index is 12.2. The van der Waals surface area contributed by atoms with E-state index in [1.807, 2.05) is 31.2 Å². The van der Waals surface area contributed by atoms with Gasteiger partial charge in [0.05, 0.1) is 5.92 Å². The highest BCUT2D eigenvalue weighted by molar-refractivity contribution is 5.80. The van der Waals surface area contributed by atoms with Gasteiger partial charge < -0.3 is 10.2 Å². The zero-order chi connectivity index (χ0) is 14.5. The summed E-state index contributed by atoms with van der Waals surface area (Å²) in [7, 11) is 0. The van der Waals surface area contributed by atoms with E-state index in [2.05, 4.69) is 5.32 Å². The number of nitrogens with zero attached hydrogens (tertiary/aromatic N) is 1. The van der Waals surface area contributed by atoms with E-state index in [1.165, 1.54) is 5.56 Å². The SMILES string of the molecule is CC(=O)N1CCC[C@H](C(=O)NCc2ccc(C)cc2)C1. The molecule has 1 aromatic carbocycles. The first kappa shape index (κ1) is 14.6. The summed E-state index contributed by atoms with van der Waals surface area (Å²) in [5.74, 6) is 0.0376. The molecule has 2 rings (SSSR count). The third-order valence-electron chi connectivity index (χ3n) is 3.82. The number of amides is 2. The van der Waals surface area contributed by atoms with Gasteiger partial charge in [0, 0.05) is 26.6 Å². The smallest absolute Gasteiger partial charge is 0.225 e. The van der Waals surface area contributed by atoms with E-state index in [-0.39, 0.29) is 17.7 Å². The van der Waals surface area contributed by atoms with E-state index in [0.29, 0.717) is 13.1 Å². The summed E-state index contributed by atoms with van der Waals surface area (Å²) in [5.41, 5.74) is 2.31. The maximum Gasteiger partial charge on any atom is 0.225 e. The van der Waals surface area contributed by atoms with Gasteiger partial charge in [-0.2, -0.15) is 0 Å². The van der Waals surface area contributed by atoms with Crippen LogP contribution < -0.4 is 5.32 Å². The first-order chi connectivity index (χ1) is 9.56. The van der Waals surface area contributed by atoms with Crippen LogP contribution in [0.4, 0.5) is 0 Å². The van der Waals surface area contributed by atoms with Gasteiger partial charge in [0.15, 0.2) is 0 Å². The number of hydrogen-bond donors (Lipinski definition) is 1. The molecule has 108 valence electrons. The number of piperidine rings is 1. The molecule has 1 saturated heterocycles. The van der Waals surface area contributed by atoms with Gasteiger partial charge in [0.2, 0.25) is 11.8 Å². The standard InChI is InChI=1S/C16H22N2O2/c1-12-5-7-14(8-6-12)10-17-16(20)15-4-3-9-18(11-15)13(2)19/h5-8,15H,3-4,9-11H2,1-2H3,(H,17,20)/t15-/m0/s1. The number of likely N-dealkylation sites (tertiary alicyclic amines) is 1. The molecule has 0 unspecified atom stereocenters. The number of rotatable bonds is 3. The molecule has 0 bridgehead atoms. The van der Waals surface area contributed by atoms with Crippen molar-refractivity contribution < 1.29 is 9.59 Å².